The number of allylic oxidation sites excluding steroid dienone is 1. The van der Waals surface area contributed by atoms with Crippen molar-refractivity contribution in [1.82, 2.24) is 0 Å². The summed E-state index contributed by atoms with van der Waals surface area (Å²) in [6, 6.07) is 0. The van der Waals surface area contributed by atoms with Crippen molar-refractivity contribution in [2.75, 3.05) is 6.54 Å². The normalized spacial score (nSPS) is 22.8. The maximum absolute atomic E-state index is 10.6. The lowest BCUT2D eigenvalue weighted by molar-refractivity contribution is -0.0200. The molecule has 0 heterocycles. The molecule has 0 aromatic carbocycles. The van der Waals surface area contributed by atoms with E-state index in [1.54, 1.807) is 0 Å². The van der Waals surface area contributed by atoms with Crippen LogP contribution in [0.25, 0.3) is 0 Å². The molecule has 3 N–H and O–H groups in total. The fraction of sp³-hybridized carbons (Fsp3) is 0.833. The van der Waals surface area contributed by atoms with Crippen LogP contribution < -0.4 is 5.73 Å². The maximum atomic E-state index is 10.6. The van der Waals surface area contributed by atoms with Crippen molar-refractivity contribution in [3.05, 3.63) is 11.6 Å². The molecule has 82 valence electrons. The van der Waals surface area contributed by atoms with Crippen LogP contribution in [0.1, 0.15) is 46.5 Å². The van der Waals surface area contributed by atoms with Crippen LogP contribution in [0.4, 0.5) is 0 Å². The first-order chi connectivity index (χ1) is 6.42. The van der Waals surface area contributed by atoms with Crippen molar-refractivity contribution < 1.29 is 5.11 Å². The van der Waals surface area contributed by atoms with Gasteiger partial charge in [0.2, 0.25) is 0 Å². The number of nitrogens with two attached hydrogens (primary N) is 1. The van der Waals surface area contributed by atoms with Gasteiger partial charge in [-0.1, -0.05) is 26.8 Å². The highest BCUT2D eigenvalue weighted by Crippen LogP contribution is 2.39. The summed E-state index contributed by atoms with van der Waals surface area (Å²) in [5.41, 5.74) is 5.90. The van der Waals surface area contributed by atoms with Crippen LogP contribution in [0.3, 0.4) is 0 Å². The average molecular weight is 197 g/mol. The summed E-state index contributed by atoms with van der Waals surface area (Å²) in [5.74, 6) is 0. The van der Waals surface area contributed by atoms with Gasteiger partial charge in [0.1, 0.15) is 5.60 Å². The summed E-state index contributed by atoms with van der Waals surface area (Å²) in [6.45, 7) is 6.47. The quantitative estimate of drug-likeness (QED) is 0.667. The van der Waals surface area contributed by atoms with E-state index in [-0.39, 0.29) is 5.41 Å². The standard InChI is InChI=1S/C12H23NO/c1-11(2,3)12(14,9-13)10-7-5-4-6-8-10/h7,14H,4-6,8-9,13H2,1-3H3. The van der Waals surface area contributed by atoms with Gasteiger partial charge in [-0.05, 0) is 36.7 Å². The number of aliphatic hydroxyl groups is 1. The maximum Gasteiger partial charge on any atom is 0.103 e. The van der Waals surface area contributed by atoms with Crippen molar-refractivity contribution >= 4 is 0 Å². The molecule has 14 heavy (non-hydrogen) atoms. The zero-order chi connectivity index (χ0) is 10.8. The van der Waals surface area contributed by atoms with E-state index < -0.39 is 5.60 Å². The number of rotatable bonds is 2. The molecule has 1 atom stereocenters. The Kier molecular flexibility index (Phi) is 3.38. The topological polar surface area (TPSA) is 46.2 Å². The second-order valence-corrected chi connectivity index (χ2v) is 5.29. The summed E-state index contributed by atoms with van der Waals surface area (Å²) in [6.07, 6.45) is 6.71. The first kappa shape index (κ1) is 11.7. The second-order valence-electron chi connectivity index (χ2n) is 5.29. The first-order valence-electron chi connectivity index (χ1n) is 5.54. The fourth-order valence-corrected chi connectivity index (χ4v) is 2.13. The van der Waals surface area contributed by atoms with Crippen molar-refractivity contribution in [2.45, 2.75) is 52.1 Å². The number of hydrogen-bond acceptors (Lipinski definition) is 2. The van der Waals surface area contributed by atoms with Crippen molar-refractivity contribution in [3.8, 4) is 0 Å². The Morgan fingerprint density at radius 2 is 2.00 bits per heavy atom. The third kappa shape index (κ3) is 2.01. The number of hydrogen-bond donors (Lipinski definition) is 2. The highest BCUT2D eigenvalue weighted by molar-refractivity contribution is 5.22. The molecular weight excluding hydrogens is 174 g/mol. The van der Waals surface area contributed by atoms with Gasteiger partial charge >= 0.3 is 0 Å². The Bertz CT molecular complexity index is 227. The largest absolute Gasteiger partial charge is 0.384 e. The van der Waals surface area contributed by atoms with Crippen LogP contribution in [0.15, 0.2) is 11.6 Å². The van der Waals surface area contributed by atoms with Gasteiger partial charge in [-0.25, -0.2) is 0 Å². The van der Waals surface area contributed by atoms with Crippen molar-refractivity contribution in [2.24, 2.45) is 11.1 Å². The van der Waals surface area contributed by atoms with Gasteiger partial charge in [-0.15, -0.1) is 0 Å². The zero-order valence-corrected chi connectivity index (χ0v) is 9.64. The summed E-state index contributed by atoms with van der Waals surface area (Å²) in [7, 11) is 0. The predicted octanol–water partition coefficient (Wildman–Crippen LogP) is 2.22. The minimum atomic E-state index is -0.812. The minimum absolute atomic E-state index is 0.176. The van der Waals surface area contributed by atoms with Crippen LogP contribution in [0.2, 0.25) is 0 Å². The summed E-state index contributed by atoms with van der Waals surface area (Å²) < 4.78 is 0. The molecule has 1 rings (SSSR count). The monoisotopic (exact) mass is 197 g/mol. The Hall–Kier alpha value is -0.340. The lowest BCUT2D eigenvalue weighted by Crippen LogP contribution is -2.51. The minimum Gasteiger partial charge on any atom is -0.384 e. The van der Waals surface area contributed by atoms with E-state index >= 15 is 0 Å². The molecule has 0 saturated carbocycles. The molecule has 0 radical (unpaired) electrons. The van der Waals surface area contributed by atoms with Crippen molar-refractivity contribution in [1.29, 1.82) is 0 Å². The molecule has 0 saturated heterocycles. The molecule has 0 aliphatic heterocycles. The molecule has 0 fully saturated rings. The molecule has 2 nitrogen and oxygen atoms in total. The fourth-order valence-electron chi connectivity index (χ4n) is 2.13. The first-order valence-corrected chi connectivity index (χ1v) is 5.54. The lowest BCUT2D eigenvalue weighted by Gasteiger charge is -2.42. The van der Waals surface area contributed by atoms with Crippen LogP contribution in [0, 0.1) is 5.41 Å². The smallest absolute Gasteiger partial charge is 0.103 e. The highest BCUT2D eigenvalue weighted by Gasteiger charge is 2.41. The van der Waals surface area contributed by atoms with Gasteiger partial charge in [0, 0.05) is 6.54 Å². The summed E-state index contributed by atoms with van der Waals surface area (Å²) in [4.78, 5) is 0. The lowest BCUT2D eigenvalue weighted by atomic mass is 9.69. The molecular formula is C12H23NO. The van der Waals surface area contributed by atoms with E-state index in [0.717, 1.165) is 18.4 Å². The molecule has 0 spiro atoms. The van der Waals surface area contributed by atoms with E-state index in [1.807, 2.05) is 0 Å². The van der Waals surface area contributed by atoms with Gasteiger partial charge in [-0.3, -0.25) is 0 Å². The molecule has 1 aliphatic rings. The molecule has 0 amide bonds. The Balaban J connectivity index is 2.94. The van der Waals surface area contributed by atoms with Gasteiger partial charge < -0.3 is 10.8 Å². The molecule has 0 bridgehead atoms. The van der Waals surface area contributed by atoms with Crippen molar-refractivity contribution in [3.63, 3.8) is 0 Å². The highest BCUT2D eigenvalue weighted by atomic mass is 16.3. The SMILES string of the molecule is CC(C)(C)C(O)(CN)C1=CCCCC1. The zero-order valence-electron chi connectivity index (χ0n) is 9.64. The second kappa shape index (κ2) is 4.03. The molecule has 1 aliphatic carbocycles. The summed E-state index contributed by atoms with van der Waals surface area (Å²) >= 11 is 0. The van der Waals surface area contributed by atoms with Crippen LogP contribution in [-0.4, -0.2) is 17.3 Å². The molecule has 0 aromatic rings. The van der Waals surface area contributed by atoms with E-state index in [9.17, 15) is 5.11 Å². The van der Waals surface area contributed by atoms with E-state index in [1.165, 1.54) is 12.8 Å². The molecule has 1 unspecified atom stereocenters. The third-order valence-electron chi connectivity index (χ3n) is 3.36. The Morgan fingerprint density at radius 1 is 1.36 bits per heavy atom. The molecule has 2 heteroatoms. The van der Waals surface area contributed by atoms with Crippen LogP contribution >= 0.6 is 0 Å². The van der Waals surface area contributed by atoms with Gasteiger partial charge in [0.15, 0.2) is 0 Å². The van der Waals surface area contributed by atoms with Gasteiger partial charge in [-0.2, -0.15) is 0 Å². The van der Waals surface area contributed by atoms with Crippen LogP contribution in [-0.2, 0) is 0 Å². The average Bonchev–Trinajstić information content (AvgIpc) is 2.16. The molecule has 0 aromatic heterocycles. The summed E-state index contributed by atoms with van der Waals surface area (Å²) in [5, 5.41) is 10.6. The Morgan fingerprint density at radius 3 is 2.36 bits per heavy atom. The Labute approximate surface area is 87.2 Å². The van der Waals surface area contributed by atoms with E-state index in [4.69, 9.17) is 5.73 Å². The van der Waals surface area contributed by atoms with E-state index in [2.05, 4.69) is 26.8 Å². The van der Waals surface area contributed by atoms with Crippen LogP contribution in [0.5, 0.6) is 0 Å². The van der Waals surface area contributed by atoms with E-state index in [0.29, 0.717) is 6.54 Å². The third-order valence-corrected chi connectivity index (χ3v) is 3.36. The predicted molar refractivity (Wildman–Crippen MR) is 60.0 cm³/mol. The van der Waals surface area contributed by atoms with Gasteiger partial charge in [0.05, 0.1) is 0 Å². The van der Waals surface area contributed by atoms with Gasteiger partial charge in [0.25, 0.3) is 0 Å².